The maximum absolute atomic E-state index is 12.1. The molecule has 0 radical (unpaired) electrons. The number of benzene rings is 1. The predicted molar refractivity (Wildman–Crippen MR) is 118 cm³/mol. The topological polar surface area (TPSA) is 130 Å². The molecule has 1 amide bonds. The zero-order chi connectivity index (χ0) is 22.9. The average Bonchev–Trinajstić information content (AvgIpc) is 3.26. The number of aliphatic hydroxyl groups is 1. The van der Waals surface area contributed by atoms with Crippen LogP contribution in [0.1, 0.15) is 37.5 Å². The standard InChI is InChI=1S/C22H23N3O6S/c26-14-16-8-10-19(31-16)25-13-15(21(29)24-22(25)30)5-4-12-23-18(27)9-11-20(28)32-17-6-2-1-3-7-17/h1-3,6-7,13,16,19,26H,8-12,14H2,(H,23,27)(H,24,29,30)/t16?,19-/m1/s1. The van der Waals surface area contributed by atoms with E-state index in [0.717, 1.165) is 16.7 Å². The monoisotopic (exact) mass is 457 g/mol. The van der Waals surface area contributed by atoms with Crippen LogP contribution in [0.2, 0.25) is 0 Å². The molecule has 1 aromatic heterocycles. The molecular formula is C22H23N3O6S. The molecular weight excluding hydrogens is 434 g/mol. The van der Waals surface area contributed by atoms with Gasteiger partial charge >= 0.3 is 5.69 Å². The highest BCUT2D eigenvalue weighted by Crippen LogP contribution is 2.26. The van der Waals surface area contributed by atoms with Crippen molar-refractivity contribution < 1.29 is 19.4 Å². The van der Waals surface area contributed by atoms with Crippen molar-refractivity contribution in [1.29, 1.82) is 0 Å². The van der Waals surface area contributed by atoms with E-state index in [2.05, 4.69) is 22.1 Å². The van der Waals surface area contributed by atoms with Gasteiger partial charge in [-0.2, -0.15) is 0 Å². The number of carbonyl (C=O) groups is 2. The predicted octanol–water partition coefficient (Wildman–Crippen LogP) is 0.773. The Morgan fingerprint density at radius 1 is 1.22 bits per heavy atom. The third kappa shape index (κ3) is 6.68. The molecule has 1 aliphatic heterocycles. The number of carbonyl (C=O) groups excluding carboxylic acids is 2. The molecule has 1 unspecified atom stereocenters. The Kier molecular flexibility index (Phi) is 8.44. The van der Waals surface area contributed by atoms with E-state index in [1.165, 1.54) is 10.8 Å². The minimum atomic E-state index is -0.634. The second-order valence-corrected chi connectivity index (χ2v) is 8.18. The molecule has 10 heteroatoms. The number of aliphatic hydroxyl groups excluding tert-OH is 1. The fourth-order valence-corrected chi connectivity index (χ4v) is 3.83. The van der Waals surface area contributed by atoms with Crippen molar-refractivity contribution in [2.45, 2.75) is 42.9 Å². The molecule has 0 aliphatic carbocycles. The summed E-state index contributed by atoms with van der Waals surface area (Å²) in [5, 5.41) is 11.6. The molecule has 9 nitrogen and oxygen atoms in total. The number of hydrogen-bond donors (Lipinski definition) is 3. The molecule has 1 aromatic carbocycles. The summed E-state index contributed by atoms with van der Waals surface area (Å²) in [6.45, 7) is -0.151. The summed E-state index contributed by atoms with van der Waals surface area (Å²) >= 11 is 1.09. The lowest BCUT2D eigenvalue weighted by Gasteiger charge is -2.14. The molecule has 0 bridgehead atoms. The normalized spacial score (nSPS) is 17.4. The molecule has 2 heterocycles. The fraction of sp³-hybridized carbons (Fsp3) is 0.364. The molecule has 1 aliphatic rings. The van der Waals surface area contributed by atoms with Gasteiger partial charge in [-0.05, 0) is 25.0 Å². The summed E-state index contributed by atoms with van der Waals surface area (Å²) in [6, 6.07) is 9.19. The highest BCUT2D eigenvalue weighted by Gasteiger charge is 2.27. The number of thioether (sulfide) groups is 1. The largest absolute Gasteiger partial charge is 0.394 e. The number of nitrogens with one attached hydrogen (secondary N) is 2. The number of aromatic amines is 1. The molecule has 1 saturated heterocycles. The Labute approximate surface area is 188 Å². The molecule has 0 saturated carbocycles. The first kappa shape index (κ1) is 23.5. The molecule has 1 fully saturated rings. The molecule has 2 aromatic rings. The number of rotatable bonds is 7. The Bertz CT molecular complexity index is 1130. The van der Waals surface area contributed by atoms with Gasteiger partial charge in [0.2, 0.25) is 5.91 Å². The van der Waals surface area contributed by atoms with E-state index >= 15 is 0 Å². The Balaban J connectivity index is 1.50. The number of aromatic nitrogens is 2. The summed E-state index contributed by atoms with van der Waals surface area (Å²) in [6.07, 6.45) is 1.66. The van der Waals surface area contributed by atoms with E-state index in [4.69, 9.17) is 4.74 Å². The van der Waals surface area contributed by atoms with Crippen molar-refractivity contribution in [3.63, 3.8) is 0 Å². The average molecular weight is 458 g/mol. The lowest BCUT2D eigenvalue weighted by Crippen LogP contribution is -2.33. The van der Waals surface area contributed by atoms with Gasteiger partial charge in [0, 0.05) is 23.9 Å². The van der Waals surface area contributed by atoms with E-state index in [1.807, 2.05) is 30.3 Å². The van der Waals surface area contributed by atoms with Gasteiger partial charge in [-0.15, -0.1) is 0 Å². The first-order valence-electron chi connectivity index (χ1n) is 10.1. The van der Waals surface area contributed by atoms with Gasteiger partial charge in [0.1, 0.15) is 11.8 Å². The van der Waals surface area contributed by atoms with Gasteiger partial charge in [-0.1, -0.05) is 41.8 Å². The van der Waals surface area contributed by atoms with Crippen molar-refractivity contribution >= 4 is 22.8 Å². The van der Waals surface area contributed by atoms with Gasteiger partial charge < -0.3 is 15.2 Å². The quantitative estimate of drug-likeness (QED) is 0.414. The zero-order valence-corrected chi connectivity index (χ0v) is 18.0. The van der Waals surface area contributed by atoms with E-state index in [9.17, 15) is 24.3 Å². The van der Waals surface area contributed by atoms with E-state index in [-0.39, 0.29) is 48.7 Å². The number of nitrogens with zero attached hydrogens (tertiary/aromatic N) is 1. The van der Waals surface area contributed by atoms with Crippen LogP contribution in [0.4, 0.5) is 0 Å². The van der Waals surface area contributed by atoms with Gasteiger partial charge in [0.15, 0.2) is 5.12 Å². The van der Waals surface area contributed by atoms with E-state index in [0.29, 0.717) is 12.8 Å². The van der Waals surface area contributed by atoms with Crippen LogP contribution in [0, 0.1) is 11.8 Å². The van der Waals surface area contributed by atoms with Crippen LogP contribution in [0.25, 0.3) is 0 Å². The summed E-state index contributed by atoms with van der Waals surface area (Å²) in [4.78, 5) is 51.0. The third-order valence-corrected chi connectivity index (χ3v) is 5.63. The van der Waals surface area contributed by atoms with Gasteiger partial charge in [-0.25, -0.2) is 4.79 Å². The van der Waals surface area contributed by atoms with Crippen molar-refractivity contribution in [3.05, 3.63) is 62.9 Å². The maximum Gasteiger partial charge on any atom is 0.330 e. The molecule has 3 rings (SSSR count). The molecule has 0 spiro atoms. The molecule has 32 heavy (non-hydrogen) atoms. The van der Waals surface area contributed by atoms with Gasteiger partial charge in [-0.3, -0.25) is 23.9 Å². The molecule has 168 valence electrons. The number of ether oxygens (including phenoxy) is 1. The zero-order valence-electron chi connectivity index (χ0n) is 17.2. The summed E-state index contributed by atoms with van der Waals surface area (Å²) < 4.78 is 6.82. The van der Waals surface area contributed by atoms with Crippen molar-refractivity contribution in [1.82, 2.24) is 14.9 Å². The first-order chi connectivity index (χ1) is 15.5. The van der Waals surface area contributed by atoms with Crippen LogP contribution in [0.5, 0.6) is 0 Å². The van der Waals surface area contributed by atoms with E-state index in [1.54, 1.807) is 0 Å². The summed E-state index contributed by atoms with van der Waals surface area (Å²) in [5.74, 6) is 4.98. The lowest BCUT2D eigenvalue weighted by atomic mass is 10.2. The summed E-state index contributed by atoms with van der Waals surface area (Å²) in [7, 11) is 0. The minimum Gasteiger partial charge on any atom is -0.394 e. The van der Waals surface area contributed by atoms with Crippen LogP contribution < -0.4 is 16.6 Å². The van der Waals surface area contributed by atoms with Crippen LogP contribution in [-0.4, -0.2) is 44.9 Å². The highest BCUT2D eigenvalue weighted by atomic mass is 32.2. The third-order valence-electron chi connectivity index (χ3n) is 4.69. The summed E-state index contributed by atoms with van der Waals surface area (Å²) in [5.41, 5.74) is -1.19. The number of amides is 1. The number of H-pyrrole nitrogens is 1. The maximum atomic E-state index is 12.1. The van der Waals surface area contributed by atoms with Crippen molar-refractivity contribution in [2.24, 2.45) is 0 Å². The minimum absolute atomic E-state index is 0.00999. The Morgan fingerprint density at radius 3 is 2.72 bits per heavy atom. The van der Waals surface area contributed by atoms with Crippen LogP contribution in [0.15, 0.2) is 51.0 Å². The van der Waals surface area contributed by atoms with Crippen molar-refractivity contribution in [3.8, 4) is 11.8 Å². The lowest BCUT2D eigenvalue weighted by molar-refractivity contribution is -0.122. The fourth-order valence-electron chi connectivity index (χ4n) is 3.07. The Morgan fingerprint density at radius 2 is 2.00 bits per heavy atom. The van der Waals surface area contributed by atoms with E-state index < -0.39 is 17.5 Å². The molecule has 3 N–H and O–H groups in total. The molecule has 2 atom stereocenters. The van der Waals surface area contributed by atoms with Gasteiger partial charge in [0.25, 0.3) is 5.56 Å². The van der Waals surface area contributed by atoms with Gasteiger partial charge in [0.05, 0.1) is 19.3 Å². The van der Waals surface area contributed by atoms with Crippen LogP contribution in [-0.2, 0) is 14.3 Å². The Hall–Kier alpha value is -3.13. The first-order valence-corrected chi connectivity index (χ1v) is 10.9. The second-order valence-electron chi connectivity index (χ2n) is 7.05. The van der Waals surface area contributed by atoms with Crippen LogP contribution in [0.3, 0.4) is 0 Å². The van der Waals surface area contributed by atoms with Crippen molar-refractivity contribution in [2.75, 3.05) is 13.2 Å². The van der Waals surface area contributed by atoms with Crippen LogP contribution >= 0.6 is 11.8 Å². The second kappa shape index (κ2) is 11.5. The SMILES string of the molecule is O=C(CCC(=O)Sc1ccccc1)NCC#Cc1cn([C@H]2CCC(CO)O2)c(=O)[nH]c1=O. The highest BCUT2D eigenvalue weighted by molar-refractivity contribution is 8.13. The number of hydrogen-bond acceptors (Lipinski definition) is 7. The smallest absolute Gasteiger partial charge is 0.330 e.